The molecular weight excluding hydrogens is 424 g/mol. The lowest BCUT2D eigenvalue weighted by Gasteiger charge is -2.13. The molecule has 0 spiro atoms. The van der Waals surface area contributed by atoms with Gasteiger partial charge in [-0.2, -0.15) is 0 Å². The Bertz CT molecular complexity index is 1280. The Kier molecular flexibility index (Phi) is 7.27. The van der Waals surface area contributed by atoms with Gasteiger partial charge in [0.2, 0.25) is 0 Å². The Morgan fingerprint density at radius 1 is 1.00 bits per heavy atom. The summed E-state index contributed by atoms with van der Waals surface area (Å²) >= 11 is 0. The minimum Gasteiger partial charge on any atom is -0.504 e. The molecule has 0 aromatic heterocycles. The number of Topliss-reactive ketones (excluding diaryl/α,β-unsaturated/α-hetero) is 1. The monoisotopic (exact) mass is 454 g/mol. The molecule has 1 unspecified atom stereocenters. The van der Waals surface area contributed by atoms with Crippen molar-refractivity contribution in [2.75, 3.05) is 7.11 Å². The van der Waals surface area contributed by atoms with Gasteiger partial charge in [-0.1, -0.05) is 61.5 Å². The Labute approximate surface area is 200 Å². The zero-order chi connectivity index (χ0) is 24.1. The Balaban J connectivity index is 1.85. The largest absolute Gasteiger partial charge is 0.504 e. The van der Waals surface area contributed by atoms with E-state index in [4.69, 9.17) is 4.74 Å². The Morgan fingerprint density at radius 2 is 1.82 bits per heavy atom. The van der Waals surface area contributed by atoms with Gasteiger partial charge >= 0.3 is 0 Å². The van der Waals surface area contributed by atoms with Crippen LogP contribution in [-0.4, -0.2) is 23.8 Å². The van der Waals surface area contributed by atoms with Gasteiger partial charge in [0.15, 0.2) is 17.3 Å². The average Bonchev–Trinajstić information content (AvgIpc) is 2.83. The number of ketones is 2. The highest BCUT2D eigenvalue weighted by Gasteiger charge is 2.14. The number of phenols is 1. The normalized spacial score (nSPS) is 17.1. The standard InChI is InChI=1S/C30H30O4/c1-3-20-8-11-24-16-22(15-23-6-4-5-7-28(23)24)17-25-14-21(18-29(34-2)30(25)33)10-13-27(32)19-26(31)12-9-20/h4-8,10-11,13-16,18,20,33H,3,9,12,17,19H2,1-2H3. The number of phenolic OH excluding ortho intramolecular Hbond substituents is 1. The fourth-order valence-electron chi connectivity index (χ4n) is 4.49. The summed E-state index contributed by atoms with van der Waals surface area (Å²) < 4.78 is 5.38. The molecule has 4 bridgehead atoms. The van der Waals surface area contributed by atoms with Gasteiger partial charge in [0.25, 0.3) is 0 Å². The van der Waals surface area contributed by atoms with E-state index in [1.807, 2.05) is 18.2 Å². The van der Waals surface area contributed by atoms with Crippen molar-refractivity contribution in [1.29, 1.82) is 0 Å². The van der Waals surface area contributed by atoms with E-state index in [0.717, 1.165) is 40.3 Å². The third-order valence-corrected chi connectivity index (χ3v) is 6.44. The number of hydrogen-bond donors (Lipinski definition) is 1. The summed E-state index contributed by atoms with van der Waals surface area (Å²) in [6, 6.07) is 16.1. The first kappa shape index (κ1) is 23.5. The van der Waals surface area contributed by atoms with Crippen LogP contribution in [0.3, 0.4) is 0 Å². The van der Waals surface area contributed by atoms with Crippen molar-refractivity contribution in [3.8, 4) is 11.5 Å². The lowest BCUT2D eigenvalue weighted by molar-refractivity contribution is -0.124. The van der Waals surface area contributed by atoms with Crippen molar-refractivity contribution in [3.05, 3.63) is 82.9 Å². The second-order valence-electron chi connectivity index (χ2n) is 8.90. The fraction of sp³-hybridized carbons (Fsp3) is 0.267. The number of carbonyl (C=O) groups excluding carboxylic acids is 2. The van der Waals surface area contributed by atoms with Gasteiger partial charge in [-0.3, -0.25) is 9.59 Å². The topological polar surface area (TPSA) is 63.6 Å². The maximum atomic E-state index is 12.4. The highest BCUT2D eigenvalue weighted by molar-refractivity contribution is 6.06. The van der Waals surface area contributed by atoms with Crippen LogP contribution in [0.4, 0.5) is 0 Å². The summed E-state index contributed by atoms with van der Waals surface area (Å²) in [7, 11) is 1.51. The highest BCUT2D eigenvalue weighted by atomic mass is 16.5. The van der Waals surface area contributed by atoms with Gasteiger partial charge in [-0.05, 0) is 64.4 Å². The molecule has 0 fully saturated rings. The third-order valence-electron chi connectivity index (χ3n) is 6.44. The number of carbonyl (C=O) groups is 2. The second kappa shape index (κ2) is 10.5. The molecule has 4 rings (SSSR count). The molecule has 0 saturated carbocycles. The minimum atomic E-state index is -0.218. The number of benzene rings is 3. The van der Waals surface area contributed by atoms with Crippen molar-refractivity contribution in [1.82, 2.24) is 0 Å². The molecule has 4 nitrogen and oxygen atoms in total. The van der Waals surface area contributed by atoms with Crippen LogP contribution in [0, 0.1) is 5.92 Å². The molecule has 0 amide bonds. The number of methoxy groups -OCH3 is 1. The molecule has 0 heterocycles. The van der Waals surface area contributed by atoms with E-state index in [2.05, 4.69) is 43.3 Å². The SMILES string of the molecule is CCC1C=Cc2cc(cc3ccccc23)Cc2cc(cc(OC)c2O)C=CC(=O)CC(=O)CC1. The summed E-state index contributed by atoms with van der Waals surface area (Å²) in [5.74, 6) is 0.448. The molecule has 3 aromatic carbocycles. The lowest BCUT2D eigenvalue weighted by Crippen LogP contribution is -2.07. The molecule has 0 aliphatic heterocycles. The third kappa shape index (κ3) is 5.45. The van der Waals surface area contributed by atoms with Gasteiger partial charge in [0.05, 0.1) is 13.5 Å². The summed E-state index contributed by atoms with van der Waals surface area (Å²) in [6.45, 7) is 2.12. The van der Waals surface area contributed by atoms with E-state index in [0.29, 0.717) is 24.2 Å². The lowest BCUT2D eigenvalue weighted by atomic mass is 9.93. The van der Waals surface area contributed by atoms with Gasteiger partial charge in [-0.15, -0.1) is 0 Å². The van der Waals surface area contributed by atoms with Gasteiger partial charge in [0.1, 0.15) is 5.78 Å². The quantitative estimate of drug-likeness (QED) is 0.448. The predicted molar refractivity (Wildman–Crippen MR) is 137 cm³/mol. The van der Waals surface area contributed by atoms with Crippen LogP contribution in [0.25, 0.3) is 22.9 Å². The van der Waals surface area contributed by atoms with E-state index in [1.54, 1.807) is 12.1 Å². The highest BCUT2D eigenvalue weighted by Crippen LogP contribution is 2.34. The first-order valence-corrected chi connectivity index (χ1v) is 11.8. The minimum absolute atomic E-state index is 0.0396. The van der Waals surface area contributed by atoms with Crippen molar-refractivity contribution < 1.29 is 19.4 Å². The Morgan fingerprint density at radius 3 is 2.62 bits per heavy atom. The molecule has 0 saturated heterocycles. The summed E-state index contributed by atoms with van der Waals surface area (Å²) in [4.78, 5) is 24.8. The van der Waals surface area contributed by atoms with Crippen molar-refractivity contribution >= 4 is 34.5 Å². The van der Waals surface area contributed by atoms with Crippen LogP contribution in [0.2, 0.25) is 0 Å². The molecule has 1 aliphatic rings. The molecule has 174 valence electrons. The second-order valence-corrected chi connectivity index (χ2v) is 8.90. The fourth-order valence-corrected chi connectivity index (χ4v) is 4.49. The molecule has 4 heteroatoms. The van der Waals surface area contributed by atoms with Gasteiger partial charge in [0, 0.05) is 18.4 Å². The van der Waals surface area contributed by atoms with Crippen LogP contribution in [-0.2, 0) is 16.0 Å². The number of rotatable bonds is 2. The maximum Gasteiger partial charge on any atom is 0.163 e. The maximum absolute atomic E-state index is 12.4. The number of allylic oxidation sites excluding steroid dienone is 2. The molecule has 1 atom stereocenters. The molecule has 1 aliphatic carbocycles. The van der Waals surface area contributed by atoms with Crippen LogP contribution >= 0.6 is 0 Å². The first-order valence-electron chi connectivity index (χ1n) is 11.8. The van der Waals surface area contributed by atoms with Crippen LogP contribution < -0.4 is 4.74 Å². The molecular formula is C30H30O4. The van der Waals surface area contributed by atoms with Crippen LogP contribution in [0.5, 0.6) is 11.5 Å². The van der Waals surface area contributed by atoms with E-state index < -0.39 is 0 Å². The van der Waals surface area contributed by atoms with Crippen molar-refractivity contribution in [3.63, 3.8) is 0 Å². The van der Waals surface area contributed by atoms with E-state index in [9.17, 15) is 14.7 Å². The number of aromatic hydroxyl groups is 1. The zero-order valence-corrected chi connectivity index (χ0v) is 19.7. The van der Waals surface area contributed by atoms with Crippen LogP contribution in [0.1, 0.15) is 54.9 Å². The number of hydrogen-bond acceptors (Lipinski definition) is 4. The molecule has 34 heavy (non-hydrogen) atoms. The van der Waals surface area contributed by atoms with E-state index >= 15 is 0 Å². The van der Waals surface area contributed by atoms with Crippen molar-refractivity contribution in [2.24, 2.45) is 5.92 Å². The summed E-state index contributed by atoms with van der Waals surface area (Å²) in [6.07, 6.45) is 9.91. The number of ether oxygens (including phenoxy) is 1. The van der Waals surface area contributed by atoms with Crippen LogP contribution in [0.15, 0.2) is 60.7 Å². The zero-order valence-electron chi connectivity index (χ0n) is 19.7. The molecule has 0 radical (unpaired) electrons. The Hall–Kier alpha value is -3.66. The molecule has 1 N–H and O–H groups in total. The average molecular weight is 455 g/mol. The van der Waals surface area contributed by atoms with Gasteiger partial charge < -0.3 is 9.84 Å². The molecule has 3 aromatic rings. The predicted octanol–water partition coefficient (Wildman–Crippen LogP) is 6.52. The smallest absolute Gasteiger partial charge is 0.163 e. The number of fused-ring (bicyclic) bond motifs is 6. The van der Waals surface area contributed by atoms with Crippen molar-refractivity contribution in [2.45, 2.75) is 39.0 Å². The van der Waals surface area contributed by atoms with Gasteiger partial charge in [-0.25, -0.2) is 0 Å². The summed E-state index contributed by atoms with van der Waals surface area (Å²) in [5.41, 5.74) is 3.63. The summed E-state index contributed by atoms with van der Waals surface area (Å²) in [5, 5.41) is 13.1. The first-order chi connectivity index (χ1) is 16.5. The van der Waals surface area contributed by atoms with E-state index in [-0.39, 0.29) is 29.7 Å². The van der Waals surface area contributed by atoms with E-state index in [1.165, 1.54) is 13.2 Å².